The molecular formula is C17H25NO2. The first-order valence-electron chi connectivity index (χ1n) is 7.54. The Morgan fingerprint density at radius 3 is 2.50 bits per heavy atom. The highest BCUT2D eigenvalue weighted by Crippen LogP contribution is 2.47. The zero-order chi connectivity index (χ0) is 14.7. The Morgan fingerprint density at radius 2 is 1.95 bits per heavy atom. The summed E-state index contributed by atoms with van der Waals surface area (Å²) in [4.78, 5) is 12.0. The molecule has 0 aliphatic heterocycles. The summed E-state index contributed by atoms with van der Waals surface area (Å²) in [5, 5.41) is 12.1. The van der Waals surface area contributed by atoms with Crippen LogP contribution in [0.2, 0.25) is 0 Å². The summed E-state index contributed by atoms with van der Waals surface area (Å²) in [6.07, 6.45) is 1.21. The minimum atomic E-state index is -0.353. The van der Waals surface area contributed by atoms with Crippen LogP contribution in [0.4, 0.5) is 0 Å². The van der Waals surface area contributed by atoms with E-state index in [9.17, 15) is 4.79 Å². The number of benzene rings is 1. The standard InChI is InChI=1S/C17H25NO2/c1-11(2)13-4-6-14(7-5-13)15-10-16(15)17(20)18-9-8-12(3)19/h4-7,11-12,15-16,19H,8-10H2,1-3H3,(H,18,20). The summed E-state index contributed by atoms with van der Waals surface area (Å²) >= 11 is 0. The largest absolute Gasteiger partial charge is 0.393 e. The molecule has 0 bridgehead atoms. The molecular weight excluding hydrogens is 250 g/mol. The van der Waals surface area contributed by atoms with Gasteiger partial charge in [0.1, 0.15) is 0 Å². The molecule has 2 N–H and O–H groups in total. The summed E-state index contributed by atoms with van der Waals surface area (Å²) in [5.74, 6) is 1.17. The fraction of sp³-hybridized carbons (Fsp3) is 0.588. The molecule has 3 heteroatoms. The van der Waals surface area contributed by atoms with Crippen LogP contribution in [0.3, 0.4) is 0 Å². The van der Waals surface area contributed by atoms with Crippen LogP contribution in [0.5, 0.6) is 0 Å². The van der Waals surface area contributed by atoms with Crippen LogP contribution in [-0.4, -0.2) is 23.7 Å². The predicted molar refractivity (Wildman–Crippen MR) is 80.7 cm³/mol. The number of hydrogen-bond donors (Lipinski definition) is 2. The van der Waals surface area contributed by atoms with Crippen LogP contribution < -0.4 is 5.32 Å². The number of amides is 1. The topological polar surface area (TPSA) is 49.3 Å². The first kappa shape index (κ1) is 15.0. The van der Waals surface area contributed by atoms with E-state index in [2.05, 4.69) is 43.4 Å². The predicted octanol–water partition coefficient (Wildman–Crippen LogP) is 2.80. The van der Waals surface area contributed by atoms with Crippen molar-refractivity contribution in [2.75, 3.05) is 6.54 Å². The molecule has 3 atom stereocenters. The van der Waals surface area contributed by atoms with E-state index >= 15 is 0 Å². The summed E-state index contributed by atoms with van der Waals surface area (Å²) < 4.78 is 0. The Labute approximate surface area is 121 Å². The van der Waals surface area contributed by atoms with Gasteiger partial charge >= 0.3 is 0 Å². The molecule has 3 unspecified atom stereocenters. The van der Waals surface area contributed by atoms with Crippen molar-refractivity contribution in [2.45, 2.75) is 51.6 Å². The van der Waals surface area contributed by atoms with E-state index in [0.29, 0.717) is 24.8 Å². The van der Waals surface area contributed by atoms with Crippen LogP contribution in [0, 0.1) is 5.92 Å². The Morgan fingerprint density at radius 1 is 1.30 bits per heavy atom. The molecule has 20 heavy (non-hydrogen) atoms. The SMILES string of the molecule is CC(O)CCNC(=O)C1CC1c1ccc(C(C)C)cc1. The minimum absolute atomic E-state index is 0.119. The van der Waals surface area contributed by atoms with Gasteiger partial charge in [0.15, 0.2) is 0 Å². The van der Waals surface area contributed by atoms with E-state index in [-0.39, 0.29) is 17.9 Å². The average Bonchev–Trinajstić information content (AvgIpc) is 3.18. The van der Waals surface area contributed by atoms with Gasteiger partial charge in [0, 0.05) is 12.5 Å². The molecule has 3 nitrogen and oxygen atoms in total. The monoisotopic (exact) mass is 275 g/mol. The number of nitrogens with one attached hydrogen (secondary N) is 1. The van der Waals surface area contributed by atoms with Crippen molar-refractivity contribution < 1.29 is 9.90 Å². The maximum absolute atomic E-state index is 12.0. The van der Waals surface area contributed by atoms with Gasteiger partial charge in [-0.1, -0.05) is 38.1 Å². The fourth-order valence-electron chi connectivity index (χ4n) is 2.52. The van der Waals surface area contributed by atoms with Gasteiger partial charge in [0.2, 0.25) is 5.91 Å². The number of carbonyl (C=O) groups is 1. The van der Waals surface area contributed by atoms with Crippen LogP contribution in [-0.2, 0) is 4.79 Å². The number of aliphatic hydroxyl groups is 1. The molecule has 2 rings (SSSR count). The first-order chi connectivity index (χ1) is 9.49. The molecule has 1 fully saturated rings. The summed E-state index contributed by atoms with van der Waals surface area (Å²) in [5.41, 5.74) is 2.61. The Kier molecular flexibility index (Phi) is 4.81. The van der Waals surface area contributed by atoms with E-state index in [1.165, 1.54) is 11.1 Å². The third kappa shape index (κ3) is 3.83. The van der Waals surface area contributed by atoms with Gasteiger partial charge in [-0.25, -0.2) is 0 Å². The number of hydrogen-bond acceptors (Lipinski definition) is 2. The Bertz CT molecular complexity index is 451. The highest BCUT2D eigenvalue weighted by molar-refractivity contribution is 5.82. The van der Waals surface area contributed by atoms with Crippen LogP contribution >= 0.6 is 0 Å². The van der Waals surface area contributed by atoms with Crippen LogP contribution in [0.15, 0.2) is 24.3 Å². The zero-order valence-corrected chi connectivity index (χ0v) is 12.6. The summed E-state index contributed by atoms with van der Waals surface area (Å²) in [6.45, 7) is 6.67. The van der Waals surface area contributed by atoms with Crippen molar-refractivity contribution in [3.63, 3.8) is 0 Å². The van der Waals surface area contributed by atoms with Gasteiger partial charge in [-0.3, -0.25) is 4.79 Å². The molecule has 0 heterocycles. The molecule has 0 spiro atoms. The number of aliphatic hydroxyl groups excluding tert-OH is 1. The van der Waals surface area contributed by atoms with Crippen molar-refractivity contribution in [1.29, 1.82) is 0 Å². The van der Waals surface area contributed by atoms with Gasteiger partial charge < -0.3 is 10.4 Å². The molecule has 1 saturated carbocycles. The van der Waals surface area contributed by atoms with Gasteiger partial charge in [0.05, 0.1) is 6.10 Å². The molecule has 110 valence electrons. The van der Waals surface area contributed by atoms with Gasteiger partial charge in [-0.2, -0.15) is 0 Å². The molecule has 1 aliphatic carbocycles. The molecule has 0 radical (unpaired) electrons. The summed E-state index contributed by atoms with van der Waals surface area (Å²) in [6, 6.07) is 8.65. The smallest absolute Gasteiger partial charge is 0.223 e. The van der Waals surface area contributed by atoms with E-state index in [1.54, 1.807) is 6.92 Å². The van der Waals surface area contributed by atoms with Crippen molar-refractivity contribution in [1.82, 2.24) is 5.32 Å². The fourth-order valence-corrected chi connectivity index (χ4v) is 2.52. The molecule has 1 aliphatic rings. The van der Waals surface area contributed by atoms with Crippen molar-refractivity contribution in [2.24, 2.45) is 5.92 Å². The number of carbonyl (C=O) groups excluding carboxylic acids is 1. The second-order valence-corrected chi connectivity index (χ2v) is 6.20. The zero-order valence-electron chi connectivity index (χ0n) is 12.6. The maximum atomic E-state index is 12.0. The molecule has 0 saturated heterocycles. The van der Waals surface area contributed by atoms with E-state index < -0.39 is 0 Å². The molecule has 1 aromatic rings. The average molecular weight is 275 g/mol. The number of rotatable bonds is 6. The lowest BCUT2D eigenvalue weighted by atomic mass is 10.00. The molecule has 0 aromatic heterocycles. The molecule has 1 amide bonds. The lowest BCUT2D eigenvalue weighted by Crippen LogP contribution is -2.28. The lowest BCUT2D eigenvalue weighted by molar-refractivity contribution is -0.122. The van der Waals surface area contributed by atoms with E-state index in [4.69, 9.17) is 5.11 Å². The van der Waals surface area contributed by atoms with E-state index in [0.717, 1.165) is 6.42 Å². The lowest BCUT2D eigenvalue weighted by Gasteiger charge is -2.08. The van der Waals surface area contributed by atoms with Crippen molar-refractivity contribution in [3.8, 4) is 0 Å². The van der Waals surface area contributed by atoms with Gasteiger partial charge in [-0.15, -0.1) is 0 Å². The van der Waals surface area contributed by atoms with Crippen molar-refractivity contribution in [3.05, 3.63) is 35.4 Å². The Hall–Kier alpha value is -1.35. The highest BCUT2D eigenvalue weighted by Gasteiger charge is 2.43. The summed E-state index contributed by atoms with van der Waals surface area (Å²) in [7, 11) is 0. The third-order valence-corrected chi connectivity index (χ3v) is 4.02. The highest BCUT2D eigenvalue weighted by atomic mass is 16.3. The normalized spacial score (nSPS) is 22.6. The minimum Gasteiger partial charge on any atom is -0.393 e. The van der Waals surface area contributed by atoms with E-state index in [1.807, 2.05) is 0 Å². The van der Waals surface area contributed by atoms with Crippen LogP contribution in [0.1, 0.15) is 56.6 Å². The van der Waals surface area contributed by atoms with Crippen LogP contribution in [0.25, 0.3) is 0 Å². The quantitative estimate of drug-likeness (QED) is 0.838. The molecule has 1 aromatic carbocycles. The van der Waals surface area contributed by atoms with Crippen molar-refractivity contribution >= 4 is 5.91 Å². The Balaban J connectivity index is 1.83. The maximum Gasteiger partial charge on any atom is 0.223 e. The second kappa shape index (κ2) is 6.40. The van der Waals surface area contributed by atoms with Gasteiger partial charge in [0.25, 0.3) is 0 Å². The second-order valence-electron chi connectivity index (χ2n) is 6.20. The third-order valence-electron chi connectivity index (χ3n) is 4.02. The van der Waals surface area contributed by atoms with Gasteiger partial charge in [-0.05, 0) is 42.7 Å². The first-order valence-corrected chi connectivity index (χ1v) is 7.54.